The van der Waals surface area contributed by atoms with Gasteiger partial charge in [0.1, 0.15) is 10.9 Å². The van der Waals surface area contributed by atoms with Gasteiger partial charge in [0.15, 0.2) is 5.13 Å². The number of nitrogens with one attached hydrogen (secondary N) is 4. The van der Waals surface area contributed by atoms with E-state index in [0.29, 0.717) is 32.8 Å². The number of benzene rings is 1. The van der Waals surface area contributed by atoms with Crippen LogP contribution in [-0.4, -0.2) is 53.2 Å². The van der Waals surface area contributed by atoms with Crippen LogP contribution in [0.4, 0.5) is 10.8 Å². The summed E-state index contributed by atoms with van der Waals surface area (Å²) in [5.74, 6) is -2.22. The third-order valence-electron chi connectivity index (χ3n) is 5.09. The Hall–Kier alpha value is -3.77. The number of aromatic nitrogens is 1. The fraction of sp³-hybridized carbons (Fsp3) is 0.261. The number of nitrogens with two attached hydrogens (primary N) is 1. The van der Waals surface area contributed by atoms with Crippen molar-refractivity contribution in [2.24, 2.45) is 0 Å². The number of nitrogen functional groups attached to an aromatic ring is 1. The van der Waals surface area contributed by atoms with Crippen molar-refractivity contribution in [1.29, 1.82) is 5.41 Å². The molecular formula is C23H26N6O4S2. The molecule has 2 heterocycles. The Morgan fingerprint density at radius 1 is 1.23 bits per heavy atom. The molecule has 12 heteroatoms. The zero-order valence-corrected chi connectivity index (χ0v) is 20.6. The van der Waals surface area contributed by atoms with E-state index in [1.165, 1.54) is 17.6 Å². The van der Waals surface area contributed by atoms with Crippen LogP contribution in [0.2, 0.25) is 0 Å². The number of carbonyl (C=O) groups excluding carboxylic acids is 2. The van der Waals surface area contributed by atoms with Gasteiger partial charge >= 0.3 is 5.97 Å². The minimum atomic E-state index is -1.29. The van der Waals surface area contributed by atoms with Crippen molar-refractivity contribution < 1.29 is 19.5 Å². The molecule has 1 aromatic carbocycles. The number of nitrogens with zero attached hydrogens (tertiary/aromatic N) is 1. The van der Waals surface area contributed by atoms with Gasteiger partial charge in [-0.15, -0.1) is 11.3 Å². The Morgan fingerprint density at radius 2 is 2.03 bits per heavy atom. The number of hydrogen-bond donors (Lipinski definition) is 6. The number of anilines is 2. The van der Waals surface area contributed by atoms with E-state index in [0.717, 1.165) is 35.3 Å². The molecule has 7 N–H and O–H groups in total. The highest BCUT2D eigenvalue weighted by molar-refractivity contribution is 7.17. The summed E-state index contributed by atoms with van der Waals surface area (Å²) in [6, 6.07) is 7.63. The molecule has 0 saturated carbocycles. The van der Waals surface area contributed by atoms with Gasteiger partial charge in [-0.25, -0.2) is 9.78 Å². The first-order valence-electron chi connectivity index (χ1n) is 10.7. The SMILES string of the molecule is Cc1nc(NCCCc2cccc(N)c2C=N)sc1C(=O)NC(CNC(=O)c1cccs1)C(=O)O. The zero-order chi connectivity index (χ0) is 25.4. The highest BCUT2D eigenvalue weighted by Crippen LogP contribution is 2.23. The van der Waals surface area contributed by atoms with E-state index in [1.54, 1.807) is 30.5 Å². The summed E-state index contributed by atoms with van der Waals surface area (Å²) in [7, 11) is 0. The third kappa shape index (κ3) is 6.87. The monoisotopic (exact) mass is 514 g/mol. The van der Waals surface area contributed by atoms with Crippen LogP contribution in [0.3, 0.4) is 0 Å². The van der Waals surface area contributed by atoms with Crippen LogP contribution in [-0.2, 0) is 11.2 Å². The molecule has 0 radical (unpaired) electrons. The van der Waals surface area contributed by atoms with Crippen LogP contribution >= 0.6 is 22.7 Å². The van der Waals surface area contributed by atoms with Gasteiger partial charge in [-0.2, -0.15) is 0 Å². The molecule has 0 fully saturated rings. The van der Waals surface area contributed by atoms with E-state index in [4.69, 9.17) is 11.1 Å². The molecule has 1 atom stereocenters. The Bertz CT molecular complexity index is 1210. The second-order valence-electron chi connectivity index (χ2n) is 7.58. The van der Waals surface area contributed by atoms with Crippen LogP contribution < -0.4 is 21.7 Å². The van der Waals surface area contributed by atoms with Crippen molar-refractivity contribution in [3.8, 4) is 0 Å². The van der Waals surface area contributed by atoms with Crippen molar-refractivity contribution in [2.45, 2.75) is 25.8 Å². The molecule has 10 nitrogen and oxygen atoms in total. The maximum atomic E-state index is 12.7. The maximum absolute atomic E-state index is 12.7. The van der Waals surface area contributed by atoms with Gasteiger partial charge < -0.3 is 32.2 Å². The number of carbonyl (C=O) groups is 3. The van der Waals surface area contributed by atoms with Crippen LogP contribution in [0.1, 0.15) is 42.6 Å². The number of aliphatic carboxylic acids is 1. The standard InChI is InChI=1S/C23H26N6O4S2/c1-13-19(21(31)29-17(22(32)33)12-27-20(30)18-8-4-10-34-18)35-23(28-13)26-9-3-6-14-5-2-7-16(25)15(14)11-24/h2,4-5,7-8,10-11,17,24H,3,6,9,12,25H2,1H3,(H,26,28)(H,27,30)(H,29,31)(H,32,33). The number of aryl methyl sites for hydroxylation is 2. The van der Waals surface area contributed by atoms with Gasteiger partial charge in [-0.1, -0.05) is 29.5 Å². The van der Waals surface area contributed by atoms with E-state index in [1.807, 2.05) is 12.1 Å². The Balaban J connectivity index is 1.53. The van der Waals surface area contributed by atoms with Gasteiger partial charge in [0.2, 0.25) is 0 Å². The molecule has 0 aliphatic heterocycles. The number of hydrogen-bond acceptors (Lipinski definition) is 9. The normalized spacial score (nSPS) is 11.5. The summed E-state index contributed by atoms with van der Waals surface area (Å²) in [6.07, 6.45) is 2.73. The molecule has 0 aliphatic rings. The average molecular weight is 515 g/mol. The van der Waals surface area contributed by atoms with Crippen LogP contribution in [0, 0.1) is 12.3 Å². The fourth-order valence-electron chi connectivity index (χ4n) is 3.30. The van der Waals surface area contributed by atoms with Crippen LogP contribution in [0.15, 0.2) is 35.7 Å². The van der Waals surface area contributed by atoms with Gasteiger partial charge in [0.25, 0.3) is 11.8 Å². The lowest BCUT2D eigenvalue weighted by molar-refractivity contribution is -0.139. The first kappa shape index (κ1) is 25.8. The van der Waals surface area contributed by atoms with Gasteiger partial charge in [-0.05, 0) is 42.8 Å². The molecule has 0 spiro atoms. The van der Waals surface area contributed by atoms with Crippen molar-refractivity contribution in [3.63, 3.8) is 0 Å². The zero-order valence-electron chi connectivity index (χ0n) is 19.0. The third-order valence-corrected chi connectivity index (χ3v) is 7.07. The number of amides is 2. The number of rotatable bonds is 12. The summed E-state index contributed by atoms with van der Waals surface area (Å²) >= 11 is 2.37. The molecule has 0 saturated heterocycles. The predicted molar refractivity (Wildman–Crippen MR) is 138 cm³/mol. The largest absolute Gasteiger partial charge is 0.480 e. The lowest BCUT2D eigenvalue weighted by Gasteiger charge is -2.14. The van der Waals surface area contributed by atoms with Crippen molar-refractivity contribution in [3.05, 3.63) is 62.3 Å². The molecule has 3 rings (SSSR count). The fourth-order valence-corrected chi connectivity index (χ4v) is 4.83. The molecule has 3 aromatic rings. The second-order valence-corrected chi connectivity index (χ2v) is 9.53. The van der Waals surface area contributed by atoms with Crippen molar-refractivity contribution in [1.82, 2.24) is 15.6 Å². The van der Waals surface area contributed by atoms with Gasteiger partial charge in [0.05, 0.1) is 10.6 Å². The van der Waals surface area contributed by atoms with E-state index in [-0.39, 0.29) is 6.54 Å². The quantitative estimate of drug-likeness (QED) is 0.123. The lowest BCUT2D eigenvalue weighted by Crippen LogP contribution is -2.48. The topological polar surface area (TPSA) is 170 Å². The number of carboxylic acid groups (broad SMARTS) is 1. The van der Waals surface area contributed by atoms with Crippen molar-refractivity contribution in [2.75, 3.05) is 24.1 Å². The number of thiazole rings is 1. The smallest absolute Gasteiger partial charge is 0.328 e. The molecule has 2 amide bonds. The minimum absolute atomic E-state index is 0.248. The molecule has 184 valence electrons. The van der Waals surface area contributed by atoms with E-state index < -0.39 is 23.8 Å². The molecule has 0 bridgehead atoms. The van der Waals surface area contributed by atoms with E-state index in [9.17, 15) is 19.5 Å². The van der Waals surface area contributed by atoms with Gasteiger partial charge in [0, 0.05) is 30.6 Å². The number of thiophene rings is 1. The highest BCUT2D eigenvalue weighted by Gasteiger charge is 2.24. The van der Waals surface area contributed by atoms with Crippen LogP contribution in [0.5, 0.6) is 0 Å². The first-order valence-corrected chi connectivity index (χ1v) is 12.4. The van der Waals surface area contributed by atoms with E-state index in [2.05, 4.69) is 20.9 Å². The van der Waals surface area contributed by atoms with E-state index >= 15 is 0 Å². The Morgan fingerprint density at radius 3 is 2.71 bits per heavy atom. The molecule has 35 heavy (non-hydrogen) atoms. The highest BCUT2D eigenvalue weighted by atomic mass is 32.1. The maximum Gasteiger partial charge on any atom is 0.328 e. The first-order chi connectivity index (χ1) is 16.8. The predicted octanol–water partition coefficient (Wildman–Crippen LogP) is 2.75. The number of carboxylic acids is 1. The summed E-state index contributed by atoms with van der Waals surface area (Å²) in [5, 5.41) is 27.5. The molecule has 2 aromatic heterocycles. The minimum Gasteiger partial charge on any atom is -0.480 e. The summed E-state index contributed by atoms with van der Waals surface area (Å²) in [5.41, 5.74) is 8.67. The molecule has 0 aliphatic carbocycles. The summed E-state index contributed by atoms with van der Waals surface area (Å²) < 4.78 is 0. The summed E-state index contributed by atoms with van der Waals surface area (Å²) in [6.45, 7) is 2.02. The lowest BCUT2D eigenvalue weighted by atomic mass is 10.0. The second kappa shape index (κ2) is 12.1. The molecule has 1 unspecified atom stereocenters. The Labute approximate surface area is 210 Å². The average Bonchev–Trinajstić information content (AvgIpc) is 3.49. The molecular weight excluding hydrogens is 488 g/mol. The Kier molecular flexibility index (Phi) is 8.92. The van der Waals surface area contributed by atoms with Crippen molar-refractivity contribution >= 4 is 57.5 Å². The summed E-state index contributed by atoms with van der Waals surface area (Å²) in [4.78, 5) is 41.5. The van der Waals surface area contributed by atoms with Crippen LogP contribution in [0.25, 0.3) is 0 Å². The van der Waals surface area contributed by atoms with Gasteiger partial charge in [-0.3, -0.25) is 9.59 Å².